The van der Waals surface area contributed by atoms with Crippen molar-refractivity contribution in [1.82, 2.24) is 5.32 Å². The van der Waals surface area contributed by atoms with Gasteiger partial charge in [-0.05, 0) is 83.5 Å². The Labute approximate surface area is 543 Å². The number of hydrogen-bond donors (Lipinski definition) is 6. The largest absolute Gasteiger partial charge is 0.394 e. The van der Waals surface area contributed by atoms with Crippen LogP contribution in [-0.2, 0) is 14.3 Å². The Hall–Kier alpha value is -2.89. The Bertz CT molecular complexity index is 1720. The van der Waals surface area contributed by atoms with Crippen molar-refractivity contribution in [2.45, 2.75) is 384 Å². The molecule has 0 saturated carbocycles. The molecule has 1 fully saturated rings. The number of carbonyl (C=O) groups excluding carboxylic acids is 1. The van der Waals surface area contributed by atoms with Gasteiger partial charge >= 0.3 is 0 Å². The fraction of sp³-hybridized carbons (Fsp3) is 0.785. The fourth-order valence-electron chi connectivity index (χ4n) is 11.6. The monoisotopic (exact) mass is 1230 g/mol. The van der Waals surface area contributed by atoms with Crippen LogP contribution in [-0.4, -0.2) is 87.5 Å². The van der Waals surface area contributed by atoms with E-state index in [1.54, 1.807) is 6.08 Å². The Morgan fingerprint density at radius 2 is 0.716 bits per heavy atom. The van der Waals surface area contributed by atoms with Crippen molar-refractivity contribution in [1.29, 1.82) is 0 Å². The highest BCUT2D eigenvalue weighted by atomic mass is 16.7. The summed E-state index contributed by atoms with van der Waals surface area (Å²) in [5, 5.41) is 54.8. The van der Waals surface area contributed by atoms with Crippen molar-refractivity contribution in [2.24, 2.45) is 0 Å². The fourth-order valence-corrected chi connectivity index (χ4v) is 11.6. The first-order valence-corrected chi connectivity index (χ1v) is 37.5. The Morgan fingerprint density at radius 3 is 1.09 bits per heavy atom. The van der Waals surface area contributed by atoms with Crippen molar-refractivity contribution >= 4 is 5.91 Å². The van der Waals surface area contributed by atoms with Crippen LogP contribution < -0.4 is 5.32 Å². The Morgan fingerprint density at radius 1 is 0.398 bits per heavy atom. The van der Waals surface area contributed by atoms with Crippen LogP contribution in [0.25, 0.3) is 0 Å². The number of nitrogens with one attached hydrogen (secondary N) is 1. The molecule has 1 rings (SSSR count). The minimum Gasteiger partial charge on any atom is -0.394 e. The molecule has 0 aromatic carbocycles. The number of amides is 1. The first kappa shape index (κ1) is 83.1. The van der Waals surface area contributed by atoms with E-state index in [0.717, 1.165) is 77.0 Å². The van der Waals surface area contributed by atoms with E-state index in [-0.39, 0.29) is 12.5 Å². The van der Waals surface area contributed by atoms with Crippen LogP contribution >= 0.6 is 0 Å². The lowest BCUT2D eigenvalue weighted by Crippen LogP contribution is -2.60. The van der Waals surface area contributed by atoms with Crippen LogP contribution in [0.4, 0.5) is 0 Å². The number of rotatable bonds is 65. The molecule has 0 aromatic heterocycles. The molecule has 7 atom stereocenters. The van der Waals surface area contributed by atoms with Crippen molar-refractivity contribution in [3.8, 4) is 0 Å². The van der Waals surface area contributed by atoms with E-state index in [1.807, 2.05) is 6.08 Å². The van der Waals surface area contributed by atoms with Gasteiger partial charge in [-0.15, -0.1) is 0 Å². The zero-order valence-corrected chi connectivity index (χ0v) is 57.2. The maximum atomic E-state index is 13.1. The molecular formula is C79H141NO8. The van der Waals surface area contributed by atoms with Crippen LogP contribution in [0.5, 0.6) is 0 Å². The third-order valence-electron chi connectivity index (χ3n) is 17.4. The molecule has 88 heavy (non-hydrogen) atoms. The van der Waals surface area contributed by atoms with Crippen LogP contribution in [0.3, 0.4) is 0 Å². The summed E-state index contributed by atoms with van der Waals surface area (Å²) in [7, 11) is 0. The van der Waals surface area contributed by atoms with Gasteiger partial charge in [-0.1, -0.05) is 349 Å². The third kappa shape index (κ3) is 54.8. The number of unbranched alkanes of at least 4 members (excludes halogenated alkanes) is 41. The molecule has 1 aliphatic rings. The zero-order valence-electron chi connectivity index (χ0n) is 57.2. The lowest BCUT2D eigenvalue weighted by molar-refractivity contribution is -0.302. The van der Waals surface area contributed by atoms with Crippen molar-refractivity contribution in [3.05, 3.63) is 97.2 Å². The van der Waals surface area contributed by atoms with E-state index >= 15 is 0 Å². The topological polar surface area (TPSA) is 149 Å². The molecule has 1 heterocycles. The predicted molar refractivity (Wildman–Crippen MR) is 378 cm³/mol. The summed E-state index contributed by atoms with van der Waals surface area (Å²) in [6.45, 7) is 3.69. The van der Waals surface area contributed by atoms with Gasteiger partial charge in [0.05, 0.1) is 25.4 Å². The summed E-state index contributed by atoms with van der Waals surface area (Å²) in [6.07, 6.45) is 91.1. The van der Waals surface area contributed by atoms with Gasteiger partial charge in [0.1, 0.15) is 24.4 Å². The van der Waals surface area contributed by atoms with E-state index < -0.39 is 49.5 Å². The SMILES string of the molecule is CC/C=C\C/C=C\C/C=C\C/C=C\C/C=C\C/C=C\CCCCCCCCCCCCCCCCCCCCCCC(=O)NC(COC1OC(CO)C(O)C(O)C1O)C(O)/C=C/CC/C=C/CCCCCCCCCCCCCCCCCCCCCC. The molecule has 1 aliphatic heterocycles. The lowest BCUT2D eigenvalue weighted by atomic mass is 9.99. The lowest BCUT2D eigenvalue weighted by Gasteiger charge is -2.40. The third-order valence-corrected chi connectivity index (χ3v) is 17.4. The molecule has 510 valence electrons. The van der Waals surface area contributed by atoms with E-state index in [9.17, 15) is 30.3 Å². The number of carbonyl (C=O) groups is 1. The molecule has 6 N–H and O–H groups in total. The first-order valence-electron chi connectivity index (χ1n) is 37.5. The molecule has 1 saturated heterocycles. The van der Waals surface area contributed by atoms with Gasteiger partial charge in [0.15, 0.2) is 6.29 Å². The van der Waals surface area contributed by atoms with Crippen molar-refractivity contribution < 1.29 is 39.8 Å². The number of allylic oxidation sites excluding steroid dienone is 15. The molecule has 1 amide bonds. The van der Waals surface area contributed by atoms with E-state index in [1.165, 1.54) is 244 Å². The molecule has 9 nitrogen and oxygen atoms in total. The van der Waals surface area contributed by atoms with E-state index in [0.29, 0.717) is 6.42 Å². The minimum absolute atomic E-state index is 0.183. The van der Waals surface area contributed by atoms with Gasteiger partial charge in [-0.3, -0.25) is 4.79 Å². The molecule has 0 bridgehead atoms. The number of aliphatic hydroxyl groups excluding tert-OH is 5. The molecule has 0 radical (unpaired) electrons. The van der Waals surface area contributed by atoms with E-state index in [2.05, 4.69) is 104 Å². The van der Waals surface area contributed by atoms with Crippen molar-refractivity contribution in [3.63, 3.8) is 0 Å². The zero-order chi connectivity index (χ0) is 63.5. The molecule has 0 spiro atoms. The molecule has 0 aliphatic carbocycles. The number of aliphatic hydroxyl groups is 5. The van der Waals surface area contributed by atoms with Gasteiger partial charge in [0.25, 0.3) is 0 Å². The standard InChI is InChI=1S/C79H141NO8/c1-3-5-7-9-11-13-15-17-19-21-23-25-27-29-31-32-33-34-35-36-37-38-39-40-41-42-43-45-47-49-51-53-55-57-59-61-63-65-67-69-75(83)80-72(71-87-79-78(86)77(85)76(84)74(70-81)88-79)73(82)68-66-64-62-60-58-56-54-52-50-48-46-44-30-28-26-24-22-20-18-16-14-12-10-8-6-4-2/h5,7,11,13,17,19,23,25,29,31,33-34,58,60,66,68,72-74,76-79,81-82,84-86H,3-4,6,8-10,12,14-16,18,20-22,24,26-28,30,32,35-57,59,61-65,67,69-71H2,1-2H3,(H,80,83)/b7-5-,13-11-,19-17-,25-23-,31-29-,34-33-,60-58+,68-66+. The second-order valence-electron chi connectivity index (χ2n) is 25.7. The second kappa shape index (κ2) is 67.0. The summed E-state index contributed by atoms with van der Waals surface area (Å²) in [6, 6.07) is -0.826. The van der Waals surface area contributed by atoms with Gasteiger partial charge in [-0.25, -0.2) is 0 Å². The summed E-state index contributed by atoms with van der Waals surface area (Å²) in [4.78, 5) is 13.1. The maximum Gasteiger partial charge on any atom is 0.220 e. The van der Waals surface area contributed by atoms with Gasteiger partial charge < -0.3 is 40.3 Å². The van der Waals surface area contributed by atoms with Gasteiger partial charge in [0.2, 0.25) is 5.91 Å². The van der Waals surface area contributed by atoms with Gasteiger partial charge in [0, 0.05) is 6.42 Å². The molecular weight excluding hydrogens is 1090 g/mol. The average Bonchev–Trinajstić information content (AvgIpc) is 3.65. The summed E-state index contributed by atoms with van der Waals surface area (Å²) >= 11 is 0. The highest BCUT2D eigenvalue weighted by molar-refractivity contribution is 5.76. The van der Waals surface area contributed by atoms with Crippen LogP contribution in [0.2, 0.25) is 0 Å². The van der Waals surface area contributed by atoms with Crippen LogP contribution in [0.15, 0.2) is 97.2 Å². The Balaban J connectivity index is 2.10. The maximum absolute atomic E-state index is 13.1. The number of ether oxygens (including phenoxy) is 2. The van der Waals surface area contributed by atoms with Crippen molar-refractivity contribution in [2.75, 3.05) is 13.2 Å². The normalized spacial score (nSPS) is 18.5. The van der Waals surface area contributed by atoms with E-state index in [4.69, 9.17) is 9.47 Å². The quantitative estimate of drug-likeness (QED) is 0.0261. The van der Waals surface area contributed by atoms with Gasteiger partial charge in [-0.2, -0.15) is 0 Å². The summed E-state index contributed by atoms with van der Waals surface area (Å²) in [5.74, 6) is -0.183. The average molecular weight is 1230 g/mol. The molecule has 7 unspecified atom stereocenters. The highest BCUT2D eigenvalue weighted by Crippen LogP contribution is 2.23. The smallest absolute Gasteiger partial charge is 0.220 e. The number of hydrogen-bond acceptors (Lipinski definition) is 8. The highest BCUT2D eigenvalue weighted by Gasteiger charge is 2.44. The first-order chi connectivity index (χ1) is 43.3. The predicted octanol–water partition coefficient (Wildman–Crippen LogP) is 21.0. The van der Waals surface area contributed by atoms with Crippen LogP contribution in [0, 0.1) is 0 Å². The van der Waals surface area contributed by atoms with Crippen LogP contribution in [0.1, 0.15) is 341 Å². The molecule has 0 aromatic rings. The summed E-state index contributed by atoms with van der Waals surface area (Å²) in [5.41, 5.74) is 0. The summed E-state index contributed by atoms with van der Waals surface area (Å²) < 4.78 is 11.3. The minimum atomic E-state index is -1.58. The molecule has 9 heteroatoms. The second-order valence-corrected chi connectivity index (χ2v) is 25.7. The Kier molecular flexibility index (Phi) is 63.3.